The van der Waals surface area contributed by atoms with Crippen LogP contribution >= 0.6 is 0 Å². The molecule has 0 saturated carbocycles. The molecule has 0 aromatic carbocycles. The summed E-state index contributed by atoms with van der Waals surface area (Å²) in [6.07, 6.45) is 5.58. The second-order valence-electron chi connectivity index (χ2n) is 5.54. The molecule has 0 aliphatic carbocycles. The number of methoxy groups -OCH3 is 1. The molecule has 2 bridgehead atoms. The first-order valence-corrected chi connectivity index (χ1v) is 6.87. The highest BCUT2D eigenvalue weighted by atomic mass is 16.5. The molecule has 3 aliphatic heterocycles. The highest BCUT2D eigenvalue weighted by molar-refractivity contribution is 5.91. The summed E-state index contributed by atoms with van der Waals surface area (Å²) in [6.45, 7) is 3.40. The van der Waals surface area contributed by atoms with Gasteiger partial charge < -0.3 is 14.4 Å². The average molecular weight is 265 g/mol. The van der Waals surface area contributed by atoms with Crippen LogP contribution in [0.15, 0.2) is 12.2 Å². The standard InChI is InChI=1S/C14H19NO4/c1-3-4-7-15-8-14-6-5-9(19-14)10(13(17)18-2)11(14)12(15)16/h5-6,9-11H,3-4,7-8H2,1-2H3/t9-,10+,11-,14+/m0/s1. The van der Waals surface area contributed by atoms with Crippen molar-refractivity contribution in [3.05, 3.63) is 12.2 Å². The van der Waals surface area contributed by atoms with Crippen LogP contribution in [0, 0.1) is 11.8 Å². The molecule has 0 aromatic heterocycles. The summed E-state index contributed by atoms with van der Waals surface area (Å²) in [6, 6.07) is 0. The second-order valence-corrected chi connectivity index (χ2v) is 5.54. The molecule has 5 heteroatoms. The van der Waals surface area contributed by atoms with Gasteiger partial charge in [0.05, 0.1) is 25.7 Å². The number of nitrogens with zero attached hydrogens (tertiary/aromatic N) is 1. The molecule has 2 saturated heterocycles. The summed E-state index contributed by atoms with van der Waals surface area (Å²) in [5.74, 6) is -1.18. The van der Waals surface area contributed by atoms with E-state index in [1.165, 1.54) is 7.11 Å². The highest BCUT2D eigenvalue weighted by Gasteiger charge is 2.67. The number of ether oxygens (including phenoxy) is 2. The van der Waals surface area contributed by atoms with Gasteiger partial charge in [-0.1, -0.05) is 25.5 Å². The monoisotopic (exact) mass is 265 g/mol. The molecule has 104 valence electrons. The van der Waals surface area contributed by atoms with Crippen molar-refractivity contribution in [2.45, 2.75) is 31.5 Å². The van der Waals surface area contributed by atoms with Crippen LogP contribution in [0.3, 0.4) is 0 Å². The van der Waals surface area contributed by atoms with E-state index in [4.69, 9.17) is 9.47 Å². The van der Waals surface area contributed by atoms with Crippen molar-refractivity contribution in [2.24, 2.45) is 11.8 Å². The van der Waals surface area contributed by atoms with Gasteiger partial charge in [-0.25, -0.2) is 0 Å². The molecule has 2 fully saturated rings. The van der Waals surface area contributed by atoms with Crippen LogP contribution < -0.4 is 0 Å². The smallest absolute Gasteiger partial charge is 0.312 e. The number of unbranched alkanes of at least 4 members (excludes halogenated alkanes) is 1. The quantitative estimate of drug-likeness (QED) is 0.556. The van der Waals surface area contributed by atoms with Gasteiger partial charge in [0, 0.05) is 6.54 Å². The summed E-state index contributed by atoms with van der Waals surface area (Å²) in [7, 11) is 1.36. The Morgan fingerprint density at radius 2 is 2.42 bits per heavy atom. The molecule has 3 aliphatic rings. The van der Waals surface area contributed by atoms with Gasteiger partial charge in [0.25, 0.3) is 0 Å². The first-order valence-electron chi connectivity index (χ1n) is 6.87. The largest absolute Gasteiger partial charge is 0.469 e. The first kappa shape index (κ1) is 12.7. The van der Waals surface area contributed by atoms with Gasteiger partial charge in [0.1, 0.15) is 11.5 Å². The summed E-state index contributed by atoms with van der Waals surface area (Å²) in [4.78, 5) is 26.2. The molecular weight excluding hydrogens is 246 g/mol. The maximum Gasteiger partial charge on any atom is 0.312 e. The summed E-state index contributed by atoms with van der Waals surface area (Å²) < 4.78 is 10.8. The predicted octanol–water partition coefficient (Wildman–Crippen LogP) is 0.741. The lowest BCUT2D eigenvalue weighted by Gasteiger charge is -2.22. The third kappa shape index (κ3) is 1.64. The summed E-state index contributed by atoms with van der Waals surface area (Å²) in [5.41, 5.74) is -0.589. The second kappa shape index (κ2) is 4.34. The fourth-order valence-corrected chi connectivity index (χ4v) is 3.52. The lowest BCUT2D eigenvalue weighted by Crippen LogP contribution is -2.39. The molecule has 3 rings (SSSR count). The van der Waals surface area contributed by atoms with E-state index in [-0.39, 0.29) is 18.0 Å². The molecule has 0 unspecified atom stereocenters. The Morgan fingerprint density at radius 3 is 3.11 bits per heavy atom. The number of rotatable bonds is 4. The molecule has 5 nitrogen and oxygen atoms in total. The average Bonchev–Trinajstić information content (AvgIpc) is 3.04. The highest BCUT2D eigenvalue weighted by Crippen LogP contribution is 2.52. The molecule has 0 N–H and O–H groups in total. The van der Waals surface area contributed by atoms with Gasteiger partial charge in [0.15, 0.2) is 0 Å². The number of carbonyl (C=O) groups excluding carboxylic acids is 2. The Bertz CT molecular complexity index is 447. The number of fused-ring (bicyclic) bond motifs is 1. The van der Waals surface area contributed by atoms with E-state index >= 15 is 0 Å². The first-order chi connectivity index (χ1) is 9.13. The molecule has 0 radical (unpaired) electrons. The van der Waals surface area contributed by atoms with Gasteiger partial charge in [-0.2, -0.15) is 0 Å². The molecular formula is C14H19NO4. The van der Waals surface area contributed by atoms with Crippen LogP contribution in [0.4, 0.5) is 0 Å². The van der Waals surface area contributed by atoms with E-state index in [2.05, 4.69) is 6.92 Å². The number of hydrogen-bond donors (Lipinski definition) is 0. The van der Waals surface area contributed by atoms with Gasteiger partial charge in [-0.05, 0) is 6.42 Å². The lowest BCUT2D eigenvalue weighted by atomic mass is 9.77. The summed E-state index contributed by atoms with van der Waals surface area (Å²) in [5, 5.41) is 0. The number of amides is 1. The Labute approximate surface area is 112 Å². The number of esters is 1. The maximum absolute atomic E-state index is 12.5. The zero-order valence-electron chi connectivity index (χ0n) is 11.3. The minimum atomic E-state index is -0.589. The summed E-state index contributed by atoms with van der Waals surface area (Å²) >= 11 is 0. The van der Waals surface area contributed by atoms with Gasteiger partial charge in [-0.15, -0.1) is 0 Å². The van der Waals surface area contributed by atoms with Crippen LogP contribution in [-0.2, 0) is 19.1 Å². The lowest BCUT2D eigenvalue weighted by molar-refractivity contribution is -0.151. The van der Waals surface area contributed by atoms with Crippen LogP contribution in [0.5, 0.6) is 0 Å². The molecule has 3 heterocycles. The normalized spacial score (nSPS) is 38.9. The van der Waals surface area contributed by atoms with E-state index in [0.29, 0.717) is 6.54 Å². The fraction of sp³-hybridized carbons (Fsp3) is 0.714. The molecule has 1 amide bonds. The van der Waals surface area contributed by atoms with Crippen molar-refractivity contribution in [2.75, 3.05) is 20.2 Å². The van der Waals surface area contributed by atoms with E-state index < -0.39 is 17.4 Å². The Morgan fingerprint density at radius 1 is 1.63 bits per heavy atom. The van der Waals surface area contributed by atoms with Crippen molar-refractivity contribution in [1.82, 2.24) is 4.90 Å². The number of hydrogen-bond acceptors (Lipinski definition) is 4. The van der Waals surface area contributed by atoms with Crippen molar-refractivity contribution in [3.63, 3.8) is 0 Å². The number of carbonyl (C=O) groups is 2. The van der Waals surface area contributed by atoms with Crippen LogP contribution in [0.1, 0.15) is 19.8 Å². The van der Waals surface area contributed by atoms with Crippen LogP contribution in [-0.4, -0.2) is 48.7 Å². The topological polar surface area (TPSA) is 55.8 Å². The van der Waals surface area contributed by atoms with Gasteiger partial charge in [0.2, 0.25) is 5.91 Å². The van der Waals surface area contributed by atoms with E-state index in [9.17, 15) is 9.59 Å². The minimum absolute atomic E-state index is 0.0377. The van der Waals surface area contributed by atoms with Crippen molar-refractivity contribution in [1.29, 1.82) is 0 Å². The van der Waals surface area contributed by atoms with Crippen molar-refractivity contribution >= 4 is 11.9 Å². The number of likely N-dealkylation sites (tertiary alicyclic amines) is 1. The molecule has 0 aromatic rings. The fourth-order valence-electron chi connectivity index (χ4n) is 3.52. The van der Waals surface area contributed by atoms with Crippen molar-refractivity contribution in [3.8, 4) is 0 Å². The minimum Gasteiger partial charge on any atom is -0.469 e. The third-order valence-electron chi connectivity index (χ3n) is 4.43. The SMILES string of the molecule is CCCCN1C[C@@]23C=C[C@H](O2)[C@@H](C(=O)OC)[C@H]3C1=O. The third-order valence-corrected chi connectivity index (χ3v) is 4.43. The van der Waals surface area contributed by atoms with Gasteiger partial charge in [-0.3, -0.25) is 9.59 Å². The van der Waals surface area contributed by atoms with E-state index in [1.54, 1.807) is 0 Å². The zero-order valence-corrected chi connectivity index (χ0v) is 11.3. The zero-order chi connectivity index (χ0) is 13.6. The Balaban J connectivity index is 1.86. The molecule has 1 spiro atoms. The molecule has 4 atom stereocenters. The Kier molecular flexibility index (Phi) is 2.89. The maximum atomic E-state index is 12.5. The predicted molar refractivity (Wildman–Crippen MR) is 67.2 cm³/mol. The Hall–Kier alpha value is -1.36. The van der Waals surface area contributed by atoms with E-state index in [1.807, 2.05) is 17.1 Å². The van der Waals surface area contributed by atoms with Crippen LogP contribution in [0.25, 0.3) is 0 Å². The van der Waals surface area contributed by atoms with Gasteiger partial charge >= 0.3 is 5.97 Å². The van der Waals surface area contributed by atoms with Crippen LogP contribution in [0.2, 0.25) is 0 Å². The van der Waals surface area contributed by atoms with Crippen molar-refractivity contribution < 1.29 is 19.1 Å². The van der Waals surface area contributed by atoms with E-state index in [0.717, 1.165) is 19.4 Å². The molecule has 19 heavy (non-hydrogen) atoms.